The maximum absolute atomic E-state index is 5.99. The molecule has 1 aliphatic heterocycles. The molecule has 0 aliphatic carbocycles. The number of nitrogens with two attached hydrogens (primary N) is 1. The summed E-state index contributed by atoms with van der Waals surface area (Å²) in [7, 11) is 0. The molecular weight excluding hydrogens is 314 g/mol. The number of morpholine rings is 1. The first-order chi connectivity index (χ1) is 12.2. The molecule has 0 unspecified atom stereocenters. The maximum atomic E-state index is 5.99. The minimum absolute atomic E-state index is 0.392. The zero-order valence-electron chi connectivity index (χ0n) is 14.6. The van der Waals surface area contributed by atoms with Crippen LogP contribution < -0.4 is 16.0 Å². The number of aromatic nitrogens is 1. The van der Waals surface area contributed by atoms with E-state index in [-0.39, 0.29) is 0 Å². The Morgan fingerprint density at radius 3 is 2.68 bits per heavy atom. The highest BCUT2D eigenvalue weighted by Gasteiger charge is 2.12. The van der Waals surface area contributed by atoms with E-state index in [9.17, 15) is 0 Å². The molecule has 0 amide bonds. The maximum Gasteiger partial charge on any atom is 0.193 e. The van der Waals surface area contributed by atoms with Crippen LogP contribution in [0.15, 0.2) is 47.5 Å². The van der Waals surface area contributed by atoms with Gasteiger partial charge in [0.1, 0.15) is 5.82 Å². The van der Waals surface area contributed by atoms with Crippen LogP contribution >= 0.6 is 0 Å². The predicted molar refractivity (Wildman–Crippen MR) is 102 cm³/mol. The molecule has 132 valence electrons. The zero-order valence-corrected chi connectivity index (χ0v) is 14.6. The second-order valence-electron chi connectivity index (χ2n) is 5.96. The lowest BCUT2D eigenvalue weighted by molar-refractivity contribution is 0.122. The Morgan fingerprint density at radius 1 is 1.20 bits per heavy atom. The van der Waals surface area contributed by atoms with Gasteiger partial charge < -0.3 is 20.7 Å². The highest BCUT2D eigenvalue weighted by Crippen LogP contribution is 2.14. The predicted octanol–water partition coefficient (Wildman–Crippen LogP) is 2.41. The van der Waals surface area contributed by atoms with Gasteiger partial charge in [-0.1, -0.05) is 25.1 Å². The van der Waals surface area contributed by atoms with Crippen LogP contribution in [0.1, 0.15) is 18.2 Å². The minimum atomic E-state index is 0.392. The van der Waals surface area contributed by atoms with Crippen LogP contribution in [0.25, 0.3) is 0 Å². The van der Waals surface area contributed by atoms with E-state index in [0.717, 1.165) is 49.9 Å². The van der Waals surface area contributed by atoms with E-state index in [2.05, 4.69) is 39.2 Å². The Kier molecular flexibility index (Phi) is 5.85. The van der Waals surface area contributed by atoms with Gasteiger partial charge in [0.05, 0.1) is 25.5 Å². The third-order valence-corrected chi connectivity index (χ3v) is 4.17. The van der Waals surface area contributed by atoms with Gasteiger partial charge in [0.2, 0.25) is 0 Å². The van der Waals surface area contributed by atoms with Crippen LogP contribution in [0.2, 0.25) is 0 Å². The molecule has 1 fully saturated rings. The van der Waals surface area contributed by atoms with Crippen molar-refractivity contribution in [3.8, 4) is 0 Å². The number of rotatable bonds is 5. The number of benzene rings is 1. The van der Waals surface area contributed by atoms with Crippen molar-refractivity contribution >= 4 is 17.5 Å². The van der Waals surface area contributed by atoms with E-state index in [1.807, 2.05) is 30.3 Å². The lowest BCUT2D eigenvalue weighted by Crippen LogP contribution is -2.36. The summed E-state index contributed by atoms with van der Waals surface area (Å²) < 4.78 is 5.39. The summed E-state index contributed by atoms with van der Waals surface area (Å²) in [6, 6.07) is 14.2. The number of nitrogens with one attached hydrogen (secondary N) is 1. The Balaban J connectivity index is 1.60. The first-order valence-corrected chi connectivity index (χ1v) is 8.69. The molecule has 1 aliphatic rings. The number of aryl methyl sites for hydroxylation is 1. The molecule has 25 heavy (non-hydrogen) atoms. The molecule has 1 aromatic heterocycles. The number of anilines is 2. The summed E-state index contributed by atoms with van der Waals surface area (Å²) in [6.45, 7) is 5.82. The molecule has 2 heterocycles. The molecule has 6 heteroatoms. The second-order valence-corrected chi connectivity index (χ2v) is 5.96. The zero-order chi connectivity index (χ0) is 17.5. The van der Waals surface area contributed by atoms with Crippen molar-refractivity contribution in [3.63, 3.8) is 0 Å². The molecule has 0 radical (unpaired) electrons. The molecule has 1 saturated heterocycles. The van der Waals surface area contributed by atoms with Crippen molar-refractivity contribution in [2.24, 2.45) is 10.7 Å². The minimum Gasteiger partial charge on any atom is -0.378 e. The van der Waals surface area contributed by atoms with Crippen LogP contribution in [0.4, 0.5) is 11.5 Å². The average Bonchev–Trinajstić information content (AvgIpc) is 2.68. The van der Waals surface area contributed by atoms with Gasteiger partial charge in [-0.15, -0.1) is 0 Å². The number of hydrogen-bond donors (Lipinski definition) is 2. The normalized spacial score (nSPS) is 15.2. The molecular formula is C19H25N5O. The van der Waals surface area contributed by atoms with Crippen LogP contribution in [-0.4, -0.2) is 37.2 Å². The number of aliphatic imine (C=N–C) groups is 1. The summed E-state index contributed by atoms with van der Waals surface area (Å²) in [4.78, 5) is 11.3. The smallest absolute Gasteiger partial charge is 0.193 e. The fourth-order valence-electron chi connectivity index (χ4n) is 2.70. The molecule has 0 atom stereocenters. The van der Waals surface area contributed by atoms with E-state index >= 15 is 0 Å². The topological polar surface area (TPSA) is 75.8 Å². The average molecular weight is 339 g/mol. The largest absolute Gasteiger partial charge is 0.378 e. The van der Waals surface area contributed by atoms with Crippen molar-refractivity contribution < 1.29 is 4.74 Å². The van der Waals surface area contributed by atoms with Gasteiger partial charge in [-0.25, -0.2) is 9.98 Å². The quantitative estimate of drug-likeness (QED) is 0.646. The van der Waals surface area contributed by atoms with Gasteiger partial charge in [0, 0.05) is 18.8 Å². The fraction of sp³-hybridized carbons (Fsp3) is 0.368. The van der Waals surface area contributed by atoms with Gasteiger partial charge in [-0.3, -0.25) is 0 Å². The molecule has 2 aromatic rings. The van der Waals surface area contributed by atoms with Crippen LogP contribution in [-0.2, 0) is 17.7 Å². The van der Waals surface area contributed by atoms with Gasteiger partial charge in [0.15, 0.2) is 5.96 Å². The van der Waals surface area contributed by atoms with Crippen LogP contribution in [0.5, 0.6) is 0 Å². The molecule has 1 aromatic carbocycles. The molecule has 3 rings (SSSR count). The molecule has 0 bridgehead atoms. The molecule has 0 saturated carbocycles. The van der Waals surface area contributed by atoms with E-state index in [4.69, 9.17) is 10.5 Å². The summed E-state index contributed by atoms with van der Waals surface area (Å²) in [5.41, 5.74) is 9.12. The van der Waals surface area contributed by atoms with Gasteiger partial charge >= 0.3 is 0 Å². The number of hydrogen-bond acceptors (Lipinski definition) is 4. The van der Waals surface area contributed by atoms with Crippen molar-refractivity contribution in [1.29, 1.82) is 0 Å². The third kappa shape index (κ3) is 4.93. The van der Waals surface area contributed by atoms with Crippen molar-refractivity contribution in [2.75, 3.05) is 36.5 Å². The lowest BCUT2D eigenvalue weighted by atomic mass is 10.1. The first kappa shape index (κ1) is 17.2. The van der Waals surface area contributed by atoms with Crippen LogP contribution in [0, 0.1) is 0 Å². The van der Waals surface area contributed by atoms with Crippen molar-refractivity contribution in [3.05, 3.63) is 53.7 Å². The fourth-order valence-corrected chi connectivity index (χ4v) is 2.70. The van der Waals surface area contributed by atoms with Crippen molar-refractivity contribution in [2.45, 2.75) is 19.9 Å². The van der Waals surface area contributed by atoms with Gasteiger partial charge in [0.25, 0.3) is 0 Å². The second kappa shape index (κ2) is 8.48. The number of pyridine rings is 1. The SMILES string of the molecule is CCc1ccc(NC(N)=NCc2cccc(N3CCOCC3)n2)cc1. The number of nitrogens with zero attached hydrogens (tertiary/aromatic N) is 3. The summed E-state index contributed by atoms with van der Waals surface area (Å²) in [5.74, 6) is 1.36. The Bertz CT molecular complexity index is 708. The summed E-state index contributed by atoms with van der Waals surface area (Å²) >= 11 is 0. The first-order valence-electron chi connectivity index (χ1n) is 8.69. The highest BCUT2D eigenvalue weighted by atomic mass is 16.5. The Hall–Kier alpha value is -2.60. The van der Waals surface area contributed by atoms with E-state index in [1.54, 1.807) is 0 Å². The van der Waals surface area contributed by atoms with E-state index < -0.39 is 0 Å². The monoisotopic (exact) mass is 339 g/mol. The van der Waals surface area contributed by atoms with E-state index in [1.165, 1.54) is 5.56 Å². The van der Waals surface area contributed by atoms with Gasteiger partial charge in [-0.05, 0) is 36.2 Å². The lowest BCUT2D eigenvalue weighted by Gasteiger charge is -2.27. The molecule has 0 spiro atoms. The van der Waals surface area contributed by atoms with Crippen molar-refractivity contribution in [1.82, 2.24) is 4.98 Å². The molecule has 6 nitrogen and oxygen atoms in total. The standard InChI is InChI=1S/C19H25N5O/c1-2-15-6-8-16(9-7-15)23-19(20)21-14-17-4-3-5-18(22-17)24-10-12-25-13-11-24/h3-9H,2,10-14H2,1H3,(H3,20,21,23). The van der Waals surface area contributed by atoms with Crippen LogP contribution in [0.3, 0.4) is 0 Å². The molecule has 3 N–H and O–H groups in total. The summed E-state index contributed by atoms with van der Waals surface area (Å²) in [6.07, 6.45) is 1.02. The van der Waals surface area contributed by atoms with Gasteiger partial charge in [-0.2, -0.15) is 0 Å². The summed E-state index contributed by atoms with van der Waals surface area (Å²) in [5, 5.41) is 3.11. The van der Waals surface area contributed by atoms with E-state index in [0.29, 0.717) is 12.5 Å². The number of ether oxygens (including phenoxy) is 1. The number of guanidine groups is 1. The third-order valence-electron chi connectivity index (χ3n) is 4.17. The Labute approximate surface area is 148 Å². The highest BCUT2D eigenvalue weighted by molar-refractivity contribution is 5.92. The Morgan fingerprint density at radius 2 is 1.96 bits per heavy atom.